The highest BCUT2D eigenvalue weighted by molar-refractivity contribution is 5.75. The molecule has 0 radical (unpaired) electrons. The Morgan fingerprint density at radius 2 is 1.94 bits per heavy atom. The summed E-state index contributed by atoms with van der Waals surface area (Å²) in [6.07, 6.45) is 3.02. The van der Waals surface area contributed by atoms with E-state index in [0.717, 1.165) is 5.56 Å². The quantitative estimate of drug-likeness (QED) is 0.826. The van der Waals surface area contributed by atoms with Crippen LogP contribution in [0.5, 0.6) is 0 Å². The third kappa shape index (κ3) is 2.57. The molecular weight excluding hydrogens is 220 g/mol. The third-order valence-corrected chi connectivity index (χ3v) is 2.32. The van der Waals surface area contributed by atoms with Crippen molar-refractivity contribution < 1.29 is 9.90 Å². The predicted molar refractivity (Wildman–Crippen MR) is 61.6 cm³/mol. The highest BCUT2D eigenvalue weighted by atomic mass is 16.4. The van der Waals surface area contributed by atoms with E-state index in [-0.39, 0.29) is 12.0 Å². The van der Waals surface area contributed by atoms with Gasteiger partial charge in [0.05, 0.1) is 6.42 Å². The van der Waals surface area contributed by atoms with Crippen LogP contribution in [0.25, 0.3) is 11.1 Å². The Balaban J connectivity index is 2.53. The van der Waals surface area contributed by atoms with E-state index in [2.05, 4.69) is 9.97 Å². The van der Waals surface area contributed by atoms with Crippen molar-refractivity contribution in [2.24, 2.45) is 0 Å². The number of aromatic nitrogens is 2. The van der Waals surface area contributed by atoms with Gasteiger partial charge in [0, 0.05) is 29.7 Å². The summed E-state index contributed by atoms with van der Waals surface area (Å²) < 4.78 is 0. The standard InChI is InChI=1S/C12H10N2O3/c15-11-2-1-9(8-3-5-13-6-4-8)10(14-11)7-12(16)17/h1-6H,7H2,(H,14,15)(H,16,17). The molecule has 17 heavy (non-hydrogen) atoms. The van der Waals surface area contributed by atoms with E-state index in [0.29, 0.717) is 11.3 Å². The molecule has 0 unspecified atom stereocenters. The van der Waals surface area contributed by atoms with Gasteiger partial charge >= 0.3 is 5.97 Å². The van der Waals surface area contributed by atoms with Crippen LogP contribution in [-0.2, 0) is 11.2 Å². The molecule has 2 aromatic rings. The van der Waals surface area contributed by atoms with Crippen molar-refractivity contribution in [1.82, 2.24) is 9.97 Å². The lowest BCUT2D eigenvalue weighted by atomic mass is 10.0. The Labute approximate surface area is 96.8 Å². The number of rotatable bonds is 3. The Kier molecular flexibility index (Phi) is 3.00. The fraction of sp³-hybridized carbons (Fsp3) is 0.0833. The number of nitrogens with one attached hydrogen (secondary N) is 1. The minimum atomic E-state index is -0.984. The molecule has 0 saturated carbocycles. The summed E-state index contributed by atoms with van der Waals surface area (Å²) in [5, 5.41) is 8.79. The number of carboxylic acids is 1. The molecule has 86 valence electrons. The zero-order valence-corrected chi connectivity index (χ0v) is 8.88. The molecule has 0 aliphatic carbocycles. The summed E-state index contributed by atoms with van der Waals surface area (Å²) in [5.41, 5.74) is 1.62. The lowest BCUT2D eigenvalue weighted by Gasteiger charge is -2.06. The molecule has 2 N–H and O–H groups in total. The number of aromatic amines is 1. The van der Waals surface area contributed by atoms with Gasteiger partial charge in [0.2, 0.25) is 5.56 Å². The summed E-state index contributed by atoms with van der Waals surface area (Å²) in [6, 6.07) is 6.52. The summed E-state index contributed by atoms with van der Waals surface area (Å²) in [7, 11) is 0. The van der Waals surface area contributed by atoms with Gasteiger partial charge in [-0.3, -0.25) is 14.6 Å². The largest absolute Gasteiger partial charge is 0.481 e. The zero-order valence-electron chi connectivity index (χ0n) is 8.88. The van der Waals surface area contributed by atoms with Gasteiger partial charge in [0.15, 0.2) is 0 Å². The van der Waals surface area contributed by atoms with Crippen molar-refractivity contribution in [2.45, 2.75) is 6.42 Å². The molecule has 5 heteroatoms. The van der Waals surface area contributed by atoms with Crippen LogP contribution in [0, 0.1) is 0 Å². The van der Waals surface area contributed by atoms with Gasteiger partial charge in [-0.05, 0) is 23.8 Å². The van der Waals surface area contributed by atoms with Gasteiger partial charge in [-0.15, -0.1) is 0 Å². The van der Waals surface area contributed by atoms with Crippen molar-refractivity contribution in [1.29, 1.82) is 0 Å². The van der Waals surface area contributed by atoms with E-state index in [1.54, 1.807) is 30.6 Å². The van der Waals surface area contributed by atoms with Crippen LogP contribution < -0.4 is 5.56 Å². The Morgan fingerprint density at radius 3 is 2.59 bits per heavy atom. The maximum atomic E-state index is 11.2. The first-order chi connectivity index (χ1) is 8.16. The smallest absolute Gasteiger partial charge is 0.309 e. The van der Waals surface area contributed by atoms with Crippen LogP contribution in [0.4, 0.5) is 0 Å². The van der Waals surface area contributed by atoms with E-state index < -0.39 is 5.97 Å². The summed E-state index contributed by atoms with van der Waals surface area (Å²) in [4.78, 5) is 28.4. The number of nitrogens with zero attached hydrogens (tertiary/aromatic N) is 1. The molecule has 2 aromatic heterocycles. The molecule has 0 atom stereocenters. The number of carbonyl (C=O) groups is 1. The Bertz CT molecular complexity index is 590. The lowest BCUT2D eigenvalue weighted by Crippen LogP contribution is -2.12. The first-order valence-electron chi connectivity index (χ1n) is 5.01. The molecular formula is C12H10N2O3. The molecule has 0 aliphatic heterocycles. The second-order valence-corrected chi connectivity index (χ2v) is 3.52. The minimum absolute atomic E-state index is 0.215. The van der Waals surface area contributed by atoms with Crippen molar-refractivity contribution in [3.8, 4) is 11.1 Å². The van der Waals surface area contributed by atoms with Crippen molar-refractivity contribution in [2.75, 3.05) is 0 Å². The van der Waals surface area contributed by atoms with E-state index in [4.69, 9.17) is 5.11 Å². The van der Waals surface area contributed by atoms with Crippen LogP contribution >= 0.6 is 0 Å². The van der Waals surface area contributed by atoms with Gasteiger partial charge in [0.1, 0.15) is 0 Å². The molecule has 2 rings (SSSR count). The second kappa shape index (κ2) is 4.61. The van der Waals surface area contributed by atoms with Gasteiger partial charge in [-0.2, -0.15) is 0 Å². The second-order valence-electron chi connectivity index (χ2n) is 3.52. The average molecular weight is 230 g/mol. The molecule has 0 bridgehead atoms. The van der Waals surface area contributed by atoms with E-state index in [1.165, 1.54) is 6.07 Å². The van der Waals surface area contributed by atoms with E-state index in [9.17, 15) is 9.59 Å². The number of aliphatic carboxylic acids is 1. The first kappa shape index (κ1) is 11.1. The lowest BCUT2D eigenvalue weighted by molar-refractivity contribution is -0.136. The maximum absolute atomic E-state index is 11.2. The SMILES string of the molecule is O=C(O)Cc1[nH]c(=O)ccc1-c1ccncc1. The van der Waals surface area contributed by atoms with E-state index >= 15 is 0 Å². The predicted octanol–water partition coefficient (Wildman–Crippen LogP) is 1.06. The molecule has 0 aliphatic rings. The number of hydrogen-bond donors (Lipinski definition) is 2. The van der Waals surface area contributed by atoms with E-state index in [1.807, 2.05) is 0 Å². The number of H-pyrrole nitrogens is 1. The van der Waals surface area contributed by atoms with Gasteiger partial charge in [-0.1, -0.05) is 0 Å². The summed E-state index contributed by atoms with van der Waals surface area (Å²) in [6.45, 7) is 0. The molecule has 0 fully saturated rings. The average Bonchev–Trinajstić information content (AvgIpc) is 2.29. The van der Waals surface area contributed by atoms with Gasteiger partial charge < -0.3 is 10.1 Å². The van der Waals surface area contributed by atoms with Crippen LogP contribution in [0.15, 0.2) is 41.5 Å². The van der Waals surface area contributed by atoms with Crippen LogP contribution in [0.1, 0.15) is 5.69 Å². The fourth-order valence-corrected chi connectivity index (χ4v) is 1.61. The third-order valence-electron chi connectivity index (χ3n) is 2.32. The number of hydrogen-bond acceptors (Lipinski definition) is 3. The molecule has 5 nitrogen and oxygen atoms in total. The monoisotopic (exact) mass is 230 g/mol. The normalized spacial score (nSPS) is 10.1. The van der Waals surface area contributed by atoms with Crippen LogP contribution in [0.2, 0.25) is 0 Å². The van der Waals surface area contributed by atoms with Crippen molar-refractivity contribution in [3.05, 3.63) is 52.7 Å². The fourth-order valence-electron chi connectivity index (χ4n) is 1.61. The van der Waals surface area contributed by atoms with Crippen molar-refractivity contribution in [3.63, 3.8) is 0 Å². The summed E-state index contributed by atoms with van der Waals surface area (Å²) in [5.74, 6) is -0.984. The Morgan fingerprint density at radius 1 is 1.24 bits per heavy atom. The minimum Gasteiger partial charge on any atom is -0.481 e. The molecule has 0 amide bonds. The highest BCUT2D eigenvalue weighted by Gasteiger charge is 2.09. The topological polar surface area (TPSA) is 83.0 Å². The molecule has 0 saturated heterocycles. The number of pyridine rings is 2. The number of carboxylic acid groups (broad SMARTS) is 1. The first-order valence-corrected chi connectivity index (χ1v) is 5.01. The van der Waals surface area contributed by atoms with Crippen LogP contribution in [0.3, 0.4) is 0 Å². The highest BCUT2D eigenvalue weighted by Crippen LogP contribution is 2.20. The summed E-state index contributed by atoms with van der Waals surface area (Å²) >= 11 is 0. The van der Waals surface area contributed by atoms with Crippen LogP contribution in [-0.4, -0.2) is 21.0 Å². The van der Waals surface area contributed by atoms with Crippen molar-refractivity contribution >= 4 is 5.97 Å². The molecule has 0 spiro atoms. The molecule has 0 aromatic carbocycles. The molecule has 2 heterocycles. The Hall–Kier alpha value is -2.43. The van der Waals surface area contributed by atoms with Gasteiger partial charge in [-0.25, -0.2) is 0 Å². The van der Waals surface area contributed by atoms with Gasteiger partial charge in [0.25, 0.3) is 0 Å². The zero-order chi connectivity index (χ0) is 12.3. The maximum Gasteiger partial charge on any atom is 0.309 e.